The molecule has 45 heavy (non-hydrogen) atoms. The van der Waals surface area contributed by atoms with Crippen LogP contribution in [0.25, 0.3) is 32.9 Å². The summed E-state index contributed by atoms with van der Waals surface area (Å²) in [6.07, 6.45) is 11.0. The summed E-state index contributed by atoms with van der Waals surface area (Å²) in [4.78, 5) is 15.8. The van der Waals surface area contributed by atoms with E-state index in [1.54, 1.807) is 0 Å². The summed E-state index contributed by atoms with van der Waals surface area (Å²) in [5, 5.41) is 21.6. The number of hydrogen-bond donors (Lipinski definition) is 2. The van der Waals surface area contributed by atoms with Crippen LogP contribution in [0.3, 0.4) is 0 Å². The van der Waals surface area contributed by atoms with Gasteiger partial charge in [0.05, 0.1) is 29.8 Å². The number of terminal acetylenes is 1. The van der Waals surface area contributed by atoms with Gasteiger partial charge in [0.25, 0.3) is 0 Å². The third kappa shape index (κ3) is 5.98. The zero-order valence-electron chi connectivity index (χ0n) is 25.5. The number of aromatic nitrogens is 3. The van der Waals surface area contributed by atoms with Crippen molar-refractivity contribution in [1.29, 1.82) is 0 Å². The average molecular weight is 619 g/mol. The maximum absolute atomic E-state index is 16.7. The van der Waals surface area contributed by atoms with Crippen molar-refractivity contribution < 1.29 is 28.1 Å². The smallest absolute Gasteiger partial charge is 0.319 e. The third-order valence-corrected chi connectivity index (χ3v) is 9.20. The summed E-state index contributed by atoms with van der Waals surface area (Å²) in [5.74, 6) is 1.15. The lowest BCUT2D eigenvalue weighted by Crippen LogP contribution is -2.52. The molecular formula is C35H37F3N4O3. The normalized spacial score (nSPS) is 21.1. The Kier molecular flexibility index (Phi) is 8.49. The number of nitrogens with zero attached hydrogens (tertiary/aromatic N) is 4. The van der Waals surface area contributed by atoms with Gasteiger partial charge in [0, 0.05) is 30.2 Å². The van der Waals surface area contributed by atoms with Crippen molar-refractivity contribution in [1.82, 2.24) is 15.0 Å². The Morgan fingerprint density at radius 2 is 2.02 bits per heavy atom. The largest absolute Gasteiger partial charge is 0.508 e. The van der Waals surface area contributed by atoms with Crippen LogP contribution in [0, 0.1) is 35.3 Å². The highest BCUT2D eigenvalue weighted by Gasteiger charge is 2.46. The maximum Gasteiger partial charge on any atom is 0.319 e. The monoisotopic (exact) mass is 618 g/mol. The standard InChI is InChI=1S/C35H37F3N4O3/c1-4-7-21(12-20(3)36)18-45-34-40-32-27(33(41-34)42-11-6-10-35(19-42)15-24(44)16-35)17-39-31(30(32)38)26-14-23(43)13-22-8-9-28(37)25(5-2)29(22)26/h2,8-9,13-14,17,20-21,24,43-44H,4,6-7,10-12,15-16,18-19H2,1,3H3/t20-,21?,24?,35?/m0/s1. The van der Waals surface area contributed by atoms with E-state index in [2.05, 4.69) is 20.8 Å². The van der Waals surface area contributed by atoms with Gasteiger partial charge >= 0.3 is 6.01 Å². The van der Waals surface area contributed by atoms with Crippen LogP contribution in [0.2, 0.25) is 0 Å². The Hall–Kier alpha value is -4.10. The van der Waals surface area contributed by atoms with E-state index in [0.717, 1.165) is 25.7 Å². The van der Waals surface area contributed by atoms with Crippen LogP contribution in [0.1, 0.15) is 64.4 Å². The zero-order valence-corrected chi connectivity index (χ0v) is 25.5. The van der Waals surface area contributed by atoms with Crippen molar-refractivity contribution in [2.24, 2.45) is 11.3 Å². The number of phenolic OH excluding ortho intramolecular Hbond substituents is 1. The van der Waals surface area contributed by atoms with Crippen LogP contribution < -0.4 is 9.64 Å². The van der Waals surface area contributed by atoms with Crippen LogP contribution in [-0.2, 0) is 0 Å². The van der Waals surface area contributed by atoms with Crippen LogP contribution in [-0.4, -0.2) is 57.1 Å². The molecule has 0 bridgehead atoms. The summed E-state index contributed by atoms with van der Waals surface area (Å²) < 4.78 is 51.5. The number of aliphatic hydroxyl groups is 1. The van der Waals surface area contributed by atoms with Gasteiger partial charge in [-0.05, 0) is 80.4 Å². The van der Waals surface area contributed by atoms with E-state index in [1.807, 2.05) is 6.92 Å². The van der Waals surface area contributed by atoms with Crippen molar-refractivity contribution >= 4 is 27.5 Å². The second kappa shape index (κ2) is 12.4. The third-order valence-electron chi connectivity index (χ3n) is 9.20. The topological polar surface area (TPSA) is 91.6 Å². The molecule has 4 aromatic rings. The van der Waals surface area contributed by atoms with Gasteiger partial charge in [-0.3, -0.25) is 4.98 Å². The number of aromatic hydroxyl groups is 1. The van der Waals surface area contributed by atoms with E-state index >= 15 is 4.39 Å². The molecule has 2 N–H and O–H groups in total. The Morgan fingerprint density at radius 1 is 1.22 bits per heavy atom. The summed E-state index contributed by atoms with van der Waals surface area (Å²) >= 11 is 0. The molecule has 1 unspecified atom stereocenters. The minimum absolute atomic E-state index is 0.0365. The fourth-order valence-corrected chi connectivity index (χ4v) is 7.26. The first-order chi connectivity index (χ1) is 21.6. The summed E-state index contributed by atoms with van der Waals surface area (Å²) in [6.45, 7) is 5.02. The number of pyridine rings is 1. The van der Waals surface area contributed by atoms with Crippen molar-refractivity contribution in [3.05, 3.63) is 47.7 Å². The SMILES string of the molecule is C#Cc1c(F)ccc2cc(O)cc(-c3ncc4c(N5CCCC6(CC(O)C6)C5)nc(OCC(CCC)C[C@H](C)F)nc4c3F)c12. The van der Waals surface area contributed by atoms with Crippen molar-refractivity contribution in [2.75, 3.05) is 24.6 Å². The summed E-state index contributed by atoms with van der Waals surface area (Å²) in [5.41, 5.74) is -0.189. The number of halogens is 3. The highest BCUT2D eigenvalue weighted by Crippen LogP contribution is 2.49. The number of anilines is 1. The quantitative estimate of drug-likeness (QED) is 0.194. The van der Waals surface area contributed by atoms with Crippen molar-refractivity contribution in [3.8, 4) is 35.4 Å². The molecule has 3 heterocycles. The molecule has 10 heteroatoms. The fourth-order valence-electron chi connectivity index (χ4n) is 7.26. The molecule has 1 saturated carbocycles. The highest BCUT2D eigenvalue weighted by molar-refractivity contribution is 6.03. The van der Waals surface area contributed by atoms with E-state index in [-0.39, 0.29) is 63.5 Å². The number of piperidine rings is 1. The number of phenols is 1. The molecule has 6 rings (SSSR count). The Balaban J connectivity index is 1.49. The van der Waals surface area contributed by atoms with Gasteiger partial charge in [-0.15, -0.1) is 6.42 Å². The van der Waals surface area contributed by atoms with Gasteiger partial charge in [-0.1, -0.05) is 25.3 Å². The zero-order chi connectivity index (χ0) is 31.9. The molecule has 2 aromatic heterocycles. The Labute approximate surface area is 260 Å². The van der Waals surface area contributed by atoms with Crippen molar-refractivity contribution in [3.63, 3.8) is 0 Å². The Bertz CT molecular complexity index is 1780. The molecule has 1 aliphatic heterocycles. The highest BCUT2D eigenvalue weighted by atomic mass is 19.1. The minimum Gasteiger partial charge on any atom is -0.508 e. The van der Waals surface area contributed by atoms with E-state index in [4.69, 9.17) is 16.1 Å². The number of benzene rings is 2. The predicted molar refractivity (Wildman–Crippen MR) is 168 cm³/mol. The number of hydrogen-bond acceptors (Lipinski definition) is 7. The van der Waals surface area contributed by atoms with E-state index in [1.165, 1.54) is 37.4 Å². The lowest BCUT2D eigenvalue weighted by molar-refractivity contribution is -0.0396. The second-order valence-electron chi connectivity index (χ2n) is 12.7. The number of ether oxygens (including phenoxy) is 1. The van der Waals surface area contributed by atoms with E-state index in [0.29, 0.717) is 48.9 Å². The molecule has 0 amide bonds. The van der Waals surface area contributed by atoms with E-state index < -0.39 is 17.8 Å². The number of fused-ring (bicyclic) bond motifs is 2. The molecule has 1 saturated heterocycles. The number of aliphatic hydroxyl groups excluding tert-OH is 1. The molecule has 236 valence electrons. The fraction of sp³-hybridized carbons (Fsp3) is 0.457. The van der Waals surface area contributed by atoms with Crippen LogP contribution in [0.15, 0.2) is 30.5 Å². The summed E-state index contributed by atoms with van der Waals surface area (Å²) in [7, 11) is 0. The predicted octanol–water partition coefficient (Wildman–Crippen LogP) is 7.09. The van der Waals surface area contributed by atoms with Gasteiger partial charge in [0.1, 0.15) is 28.6 Å². The first-order valence-electron chi connectivity index (χ1n) is 15.6. The minimum atomic E-state index is -0.999. The molecule has 1 aliphatic carbocycles. The van der Waals surface area contributed by atoms with Gasteiger partial charge in [0.15, 0.2) is 5.82 Å². The molecule has 7 nitrogen and oxygen atoms in total. The van der Waals surface area contributed by atoms with Crippen molar-refractivity contribution in [2.45, 2.75) is 71.1 Å². The van der Waals surface area contributed by atoms with Gasteiger partial charge < -0.3 is 19.8 Å². The number of alkyl halides is 1. The van der Waals surface area contributed by atoms with Crippen LogP contribution in [0.5, 0.6) is 11.8 Å². The van der Waals surface area contributed by atoms with Gasteiger partial charge in [-0.25, -0.2) is 13.2 Å². The average Bonchev–Trinajstić information content (AvgIpc) is 2.99. The van der Waals surface area contributed by atoms with Crippen LogP contribution >= 0.6 is 0 Å². The first kappa shape index (κ1) is 30.9. The summed E-state index contributed by atoms with van der Waals surface area (Å²) in [6, 6.07) is 5.37. The molecule has 2 fully saturated rings. The molecule has 2 aromatic carbocycles. The molecular weight excluding hydrogens is 581 g/mol. The maximum atomic E-state index is 16.7. The van der Waals surface area contributed by atoms with Gasteiger partial charge in [0.2, 0.25) is 0 Å². The molecule has 2 aliphatic rings. The van der Waals surface area contributed by atoms with Gasteiger partial charge in [-0.2, -0.15) is 9.97 Å². The lowest BCUT2D eigenvalue weighted by Gasteiger charge is -2.51. The number of rotatable bonds is 9. The molecule has 2 atom stereocenters. The first-order valence-corrected chi connectivity index (χ1v) is 15.6. The molecule has 0 radical (unpaired) electrons. The van der Waals surface area contributed by atoms with Crippen LogP contribution in [0.4, 0.5) is 19.0 Å². The lowest BCUT2D eigenvalue weighted by atomic mass is 9.62. The Morgan fingerprint density at radius 3 is 2.73 bits per heavy atom. The molecule has 1 spiro atoms. The van der Waals surface area contributed by atoms with E-state index in [9.17, 15) is 19.0 Å². The second-order valence-corrected chi connectivity index (χ2v) is 12.7.